The van der Waals surface area contributed by atoms with Crippen molar-refractivity contribution in [3.05, 3.63) is 105 Å². The van der Waals surface area contributed by atoms with Crippen molar-refractivity contribution in [3.8, 4) is 16.9 Å². The SMILES string of the molecule is COc1cn(Cc2ccc(F)c(Cl)c2)c(Nc2cc(-c3ccccc3)ccc2C)nc1=O. The first-order valence-corrected chi connectivity index (χ1v) is 10.3. The van der Waals surface area contributed by atoms with Crippen molar-refractivity contribution < 1.29 is 9.13 Å². The molecule has 1 N–H and O–H groups in total. The van der Waals surface area contributed by atoms with E-state index in [-0.39, 0.29) is 10.8 Å². The van der Waals surface area contributed by atoms with Crippen molar-refractivity contribution in [1.29, 1.82) is 0 Å². The average molecular weight is 450 g/mol. The second-order valence-electron chi connectivity index (χ2n) is 7.34. The second-order valence-corrected chi connectivity index (χ2v) is 7.74. The first-order valence-electron chi connectivity index (χ1n) is 9.97. The molecule has 1 heterocycles. The van der Waals surface area contributed by atoms with Crippen LogP contribution in [-0.4, -0.2) is 16.7 Å². The molecule has 5 nitrogen and oxygen atoms in total. The second kappa shape index (κ2) is 9.24. The van der Waals surface area contributed by atoms with Gasteiger partial charge in [0.15, 0.2) is 0 Å². The number of aryl methyl sites for hydroxylation is 1. The van der Waals surface area contributed by atoms with Gasteiger partial charge in [-0.05, 0) is 47.4 Å². The van der Waals surface area contributed by atoms with Gasteiger partial charge in [-0.3, -0.25) is 4.79 Å². The number of halogens is 2. The van der Waals surface area contributed by atoms with E-state index >= 15 is 0 Å². The summed E-state index contributed by atoms with van der Waals surface area (Å²) in [5.41, 5.74) is 4.19. The van der Waals surface area contributed by atoms with Gasteiger partial charge in [-0.2, -0.15) is 4.98 Å². The monoisotopic (exact) mass is 449 g/mol. The molecule has 0 amide bonds. The molecule has 0 radical (unpaired) electrons. The zero-order chi connectivity index (χ0) is 22.7. The lowest BCUT2D eigenvalue weighted by atomic mass is 10.0. The lowest BCUT2D eigenvalue weighted by Gasteiger charge is -2.17. The Bertz CT molecular complexity index is 1320. The van der Waals surface area contributed by atoms with Crippen LogP contribution >= 0.6 is 11.6 Å². The Morgan fingerprint density at radius 1 is 1.06 bits per heavy atom. The first kappa shape index (κ1) is 21.6. The van der Waals surface area contributed by atoms with Crippen LogP contribution in [-0.2, 0) is 6.54 Å². The van der Waals surface area contributed by atoms with E-state index in [0.29, 0.717) is 12.5 Å². The van der Waals surface area contributed by atoms with Crippen molar-refractivity contribution in [3.63, 3.8) is 0 Å². The van der Waals surface area contributed by atoms with E-state index in [0.717, 1.165) is 27.9 Å². The minimum Gasteiger partial charge on any atom is -0.490 e. The first-order chi connectivity index (χ1) is 15.4. The number of hydrogen-bond acceptors (Lipinski definition) is 4. The van der Waals surface area contributed by atoms with E-state index < -0.39 is 11.4 Å². The summed E-state index contributed by atoms with van der Waals surface area (Å²) in [5, 5.41) is 3.31. The number of nitrogens with one attached hydrogen (secondary N) is 1. The van der Waals surface area contributed by atoms with Crippen LogP contribution in [0.25, 0.3) is 11.1 Å². The maximum absolute atomic E-state index is 13.6. The van der Waals surface area contributed by atoms with E-state index in [4.69, 9.17) is 16.3 Å². The zero-order valence-electron chi connectivity index (χ0n) is 17.6. The molecule has 0 aliphatic carbocycles. The lowest BCUT2D eigenvalue weighted by molar-refractivity contribution is 0.402. The molecule has 0 spiro atoms. The van der Waals surface area contributed by atoms with Gasteiger partial charge in [-0.25, -0.2) is 4.39 Å². The molecule has 7 heteroatoms. The van der Waals surface area contributed by atoms with Gasteiger partial charge in [0.25, 0.3) is 0 Å². The van der Waals surface area contributed by atoms with Gasteiger partial charge in [0.2, 0.25) is 11.7 Å². The molecule has 4 aromatic rings. The van der Waals surface area contributed by atoms with Crippen molar-refractivity contribution in [2.45, 2.75) is 13.5 Å². The Morgan fingerprint density at radius 2 is 1.84 bits per heavy atom. The van der Waals surface area contributed by atoms with E-state index in [1.54, 1.807) is 22.9 Å². The van der Waals surface area contributed by atoms with Crippen LogP contribution in [0.15, 0.2) is 77.7 Å². The molecule has 3 aromatic carbocycles. The normalized spacial score (nSPS) is 10.8. The topological polar surface area (TPSA) is 56.1 Å². The molecule has 32 heavy (non-hydrogen) atoms. The molecule has 0 fully saturated rings. The van der Waals surface area contributed by atoms with Crippen LogP contribution in [0.3, 0.4) is 0 Å². The van der Waals surface area contributed by atoms with Gasteiger partial charge in [-0.15, -0.1) is 0 Å². The highest BCUT2D eigenvalue weighted by atomic mass is 35.5. The van der Waals surface area contributed by atoms with Crippen LogP contribution < -0.4 is 15.6 Å². The minimum absolute atomic E-state index is 0.0318. The largest absolute Gasteiger partial charge is 0.490 e. The summed E-state index contributed by atoms with van der Waals surface area (Å²) < 4.78 is 20.5. The minimum atomic E-state index is -0.488. The van der Waals surface area contributed by atoms with Crippen molar-refractivity contribution in [2.24, 2.45) is 0 Å². The molecule has 0 atom stereocenters. The fourth-order valence-electron chi connectivity index (χ4n) is 3.36. The van der Waals surface area contributed by atoms with Crippen LogP contribution in [0.1, 0.15) is 11.1 Å². The number of methoxy groups -OCH3 is 1. The molecular formula is C25H21ClFN3O2. The van der Waals surface area contributed by atoms with Gasteiger partial charge >= 0.3 is 5.56 Å². The summed E-state index contributed by atoms with van der Waals surface area (Å²) >= 11 is 5.94. The molecule has 0 aliphatic rings. The maximum Gasteiger partial charge on any atom is 0.316 e. The number of benzene rings is 3. The summed E-state index contributed by atoms with van der Waals surface area (Å²) in [4.78, 5) is 16.6. The smallest absolute Gasteiger partial charge is 0.316 e. The Labute approximate surface area is 190 Å². The third-order valence-electron chi connectivity index (χ3n) is 5.11. The molecule has 0 bridgehead atoms. The van der Waals surface area contributed by atoms with E-state index in [2.05, 4.69) is 10.3 Å². The number of rotatable bonds is 6. The van der Waals surface area contributed by atoms with E-state index in [9.17, 15) is 9.18 Å². The molecule has 1 aromatic heterocycles. The highest BCUT2D eigenvalue weighted by molar-refractivity contribution is 6.30. The van der Waals surface area contributed by atoms with Crippen LogP contribution in [0.5, 0.6) is 5.75 Å². The summed E-state index contributed by atoms with van der Waals surface area (Å²) in [6.07, 6.45) is 1.57. The fourth-order valence-corrected chi connectivity index (χ4v) is 3.56. The van der Waals surface area contributed by atoms with Crippen LogP contribution in [0.4, 0.5) is 16.0 Å². The molecule has 0 unspecified atom stereocenters. The highest BCUT2D eigenvalue weighted by Gasteiger charge is 2.12. The Morgan fingerprint density at radius 3 is 2.56 bits per heavy atom. The van der Waals surface area contributed by atoms with Crippen molar-refractivity contribution in [1.82, 2.24) is 9.55 Å². The van der Waals surface area contributed by atoms with Gasteiger partial charge in [-0.1, -0.05) is 60.1 Å². The molecule has 0 saturated carbocycles. The van der Waals surface area contributed by atoms with Crippen LogP contribution in [0.2, 0.25) is 5.02 Å². The quantitative estimate of drug-likeness (QED) is 0.403. The number of nitrogens with zero attached hydrogens (tertiary/aromatic N) is 2. The number of ether oxygens (including phenoxy) is 1. The van der Waals surface area contributed by atoms with Gasteiger partial charge in [0.1, 0.15) is 5.82 Å². The third kappa shape index (κ3) is 4.65. The predicted octanol–water partition coefficient (Wildman–Crippen LogP) is 5.81. The molecule has 0 aliphatic heterocycles. The molecular weight excluding hydrogens is 429 g/mol. The Kier molecular flexibility index (Phi) is 6.23. The maximum atomic E-state index is 13.6. The molecule has 162 valence electrons. The number of aromatic nitrogens is 2. The lowest BCUT2D eigenvalue weighted by Crippen LogP contribution is -2.19. The van der Waals surface area contributed by atoms with Crippen molar-refractivity contribution in [2.75, 3.05) is 12.4 Å². The summed E-state index contributed by atoms with van der Waals surface area (Å²) in [6.45, 7) is 2.28. The third-order valence-corrected chi connectivity index (χ3v) is 5.40. The van der Waals surface area contributed by atoms with E-state index in [1.807, 2.05) is 55.5 Å². The van der Waals surface area contributed by atoms with Gasteiger partial charge < -0.3 is 14.6 Å². The number of anilines is 2. The molecule has 0 saturated heterocycles. The highest BCUT2D eigenvalue weighted by Crippen LogP contribution is 2.28. The summed E-state index contributed by atoms with van der Waals surface area (Å²) in [6, 6.07) is 20.6. The standard InChI is InChI=1S/C25H21ClFN3O2/c1-16-8-10-19(18-6-4-3-5-7-18)13-22(16)28-25-29-24(31)23(32-2)15-30(25)14-17-9-11-21(27)20(26)12-17/h3-13,15H,14H2,1-2H3,(H,28,29,31). The Balaban J connectivity index is 1.74. The average Bonchev–Trinajstić information content (AvgIpc) is 2.80. The Hall–Kier alpha value is -3.64. The summed E-state index contributed by atoms with van der Waals surface area (Å²) in [7, 11) is 1.41. The molecule has 4 rings (SSSR count). The van der Waals surface area contributed by atoms with Gasteiger partial charge in [0, 0.05) is 5.69 Å². The van der Waals surface area contributed by atoms with E-state index in [1.165, 1.54) is 13.2 Å². The zero-order valence-corrected chi connectivity index (χ0v) is 18.4. The predicted molar refractivity (Wildman–Crippen MR) is 125 cm³/mol. The number of hydrogen-bond donors (Lipinski definition) is 1. The van der Waals surface area contributed by atoms with Gasteiger partial charge in [0.05, 0.1) is 24.9 Å². The van der Waals surface area contributed by atoms with Crippen molar-refractivity contribution >= 4 is 23.2 Å². The van der Waals surface area contributed by atoms with Crippen LogP contribution in [0, 0.1) is 12.7 Å². The summed E-state index contributed by atoms with van der Waals surface area (Å²) in [5.74, 6) is -0.0409. The fraction of sp³-hybridized carbons (Fsp3) is 0.120.